The molecule has 1 N–H and O–H groups in total. The van der Waals surface area contributed by atoms with Crippen LogP contribution in [0, 0.1) is 5.92 Å². The van der Waals surface area contributed by atoms with Crippen LogP contribution in [0.3, 0.4) is 0 Å². The summed E-state index contributed by atoms with van der Waals surface area (Å²) in [5, 5.41) is 20.5. The molecular formula is C46H53N5O7Si. The number of hydrogen-bond donors (Lipinski definition) is 1. The minimum Gasteiger partial charge on any atom is -0.497 e. The predicted molar refractivity (Wildman–Crippen MR) is 229 cm³/mol. The van der Waals surface area contributed by atoms with Crippen LogP contribution in [0.1, 0.15) is 55.3 Å². The van der Waals surface area contributed by atoms with Crippen molar-refractivity contribution in [1.29, 1.82) is 0 Å². The van der Waals surface area contributed by atoms with Crippen LogP contribution in [0.2, 0.25) is 18.6 Å². The number of fused-ring (bicyclic) bond motifs is 2. The molecule has 1 aromatic heterocycles. The van der Waals surface area contributed by atoms with E-state index in [0.29, 0.717) is 49.4 Å². The lowest BCUT2D eigenvalue weighted by atomic mass is 9.82. The van der Waals surface area contributed by atoms with Gasteiger partial charge < -0.3 is 24.2 Å². The number of amides is 2. The van der Waals surface area contributed by atoms with Crippen LogP contribution in [0.25, 0.3) is 0 Å². The number of aryl methyl sites for hydroxylation is 1. The average Bonchev–Trinajstić information content (AvgIpc) is 3.92. The van der Waals surface area contributed by atoms with Crippen molar-refractivity contribution in [2.24, 2.45) is 5.92 Å². The van der Waals surface area contributed by atoms with Gasteiger partial charge in [0.2, 0.25) is 6.41 Å². The fraction of sp³-hybridized carbons (Fsp3) is 0.370. The number of aliphatic hydroxyl groups is 1. The monoisotopic (exact) mass is 815 g/mol. The first-order valence-electron chi connectivity index (χ1n) is 20.3. The zero-order valence-electron chi connectivity index (χ0n) is 34.4. The normalized spacial score (nSPS) is 20.4. The van der Waals surface area contributed by atoms with Crippen molar-refractivity contribution in [3.05, 3.63) is 126 Å². The highest BCUT2D eigenvalue weighted by molar-refractivity contribution is 6.91. The molecule has 2 amide bonds. The topological polar surface area (TPSA) is 136 Å². The van der Waals surface area contributed by atoms with E-state index in [1.165, 1.54) is 12.3 Å². The van der Waals surface area contributed by atoms with Gasteiger partial charge in [-0.3, -0.25) is 24.0 Å². The third kappa shape index (κ3) is 7.94. The highest BCUT2D eigenvalue weighted by Gasteiger charge is 2.66. The van der Waals surface area contributed by atoms with E-state index in [9.17, 15) is 14.7 Å². The minimum absolute atomic E-state index is 0.0376. The number of esters is 1. The fourth-order valence-corrected chi connectivity index (χ4v) is 13.4. The van der Waals surface area contributed by atoms with Gasteiger partial charge in [0.1, 0.15) is 5.75 Å². The maximum absolute atomic E-state index is 15.3. The first kappa shape index (κ1) is 41.5. The summed E-state index contributed by atoms with van der Waals surface area (Å²) in [6.07, 6.45) is 4.27. The summed E-state index contributed by atoms with van der Waals surface area (Å²) < 4.78 is 19.6. The van der Waals surface area contributed by atoms with Crippen LogP contribution >= 0.6 is 0 Å². The molecule has 0 radical (unpaired) electrons. The van der Waals surface area contributed by atoms with Crippen LogP contribution < -0.4 is 19.7 Å². The van der Waals surface area contributed by atoms with Crippen molar-refractivity contribution in [3.63, 3.8) is 0 Å². The number of carbonyl (C=O) groups excluding carboxylic acids is 3. The molecule has 1 saturated heterocycles. The van der Waals surface area contributed by atoms with Gasteiger partial charge in [-0.15, -0.1) is 5.10 Å². The number of unbranched alkanes of at least 4 members (excludes halogenated alkanes) is 1. The molecular weight excluding hydrogens is 763 g/mol. The largest absolute Gasteiger partial charge is 0.497 e. The fourth-order valence-electron chi connectivity index (χ4n) is 9.34. The Balaban J connectivity index is 1.29. The molecule has 7 rings (SSSR count). The molecule has 59 heavy (non-hydrogen) atoms. The summed E-state index contributed by atoms with van der Waals surface area (Å²) in [5.41, 5.74) is 3.03. The summed E-state index contributed by atoms with van der Waals surface area (Å²) in [7, 11) is 0.569. The van der Waals surface area contributed by atoms with Crippen molar-refractivity contribution in [3.8, 4) is 5.75 Å². The number of hydrogen-bond acceptors (Lipinski definition) is 9. The maximum atomic E-state index is 15.3. The van der Waals surface area contributed by atoms with Crippen LogP contribution in [-0.4, -0.2) is 79.9 Å². The van der Waals surface area contributed by atoms with Gasteiger partial charge in [0.05, 0.1) is 52.3 Å². The smallest absolute Gasteiger partial charge is 0.305 e. The zero-order chi connectivity index (χ0) is 41.7. The van der Waals surface area contributed by atoms with E-state index < -0.39 is 13.7 Å². The summed E-state index contributed by atoms with van der Waals surface area (Å²) >= 11 is 0. The quantitative estimate of drug-likeness (QED) is 0.0471. The SMILES string of the molecule is COC(=O)CCCCN1C(=O)[C@]2(O[C@H](CCn3cc(C(CO)c4ccccc4)nn3)[C@@H]([Si](C)(C)c3ccc(OC)cc3)[C@@H]2C)c2cc(N(C=O)c3ccccc3)ccc21. The first-order valence-corrected chi connectivity index (χ1v) is 23.4. The van der Waals surface area contributed by atoms with Gasteiger partial charge in [-0.05, 0) is 72.8 Å². The molecule has 4 aromatic carbocycles. The zero-order valence-corrected chi connectivity index (χ0v) is 35.4. The minimum atomic E-state index is -2.47. The number of anilines is 3. The van der Waals surface area contributed by atoms with Crippen LogP contribution in [-0.2, 0) is 36.0 Å². The lowest BCUT2D eigenvalue weighted by molar-refractivity contribution is -0.146. The van der Waals surface area contributed by atoms with E-state index >= 15 is 4.79 Å². The Morgan fingerprint density at radius 3 is 2.34 bits per heavy atom. The maximum Gasteiger partial charge on any atom is 0.305 e. The van der Waals surface area contributed by atoms with Crippen molar-refractivity contribution in [1.82, 2.24) is 15.0 Å². The number of aromatic nitrogens is 3. The van der Waals surface area contributed by atoms with E-state index in [1.54, 1.807) is 16.7 Å². The lowest BCUT2D eigenvalue weighted by Crippen LogP contribution is -2.52. The molecule has 0 saturated carbocycles. The summed E-state index contributed by atoms with van der Waals surface area (Å²) in [6.45, 7) is 7.59. The van der Waals surface area contributed by atoms with Crippen LogP contribution in [0.4, 0.5) is 17.1 Å². The van der Waals surface area contributed by atoms with E-state index in [1.807, 2.05) is 102 Å². The van der Waals surface area contributed by atoms with E-state index in [0.717, 1.165) is 29.0 Å². The summed E-state index contributed by atoms with van der Waals surface area (Å²) in [4.78, 5) is 43.4. The van der Waals surface area contributed by atoms with E-state index in [2.05, 4.69) is 42.5 Å². The third-order valence-corrected chi connectivity index (χ3v) is 16.8. The molecule has 5 aromatic rings. The lowest BCUT2D eigenvalue weighted by Gasteiger charge is -2.37. The molecule has 13 heteroatoms. The number of aliphatic hydroxyl groups excluding tert-OH is 1. The second-order valence-corrected chi connectivity index (χ2v) is 20.7. The van der Waals surface area contributed by atoms with Gasteiger partial charge in [-0.1, -0.05) is 91.1 Å². The van der Waals surface area contributed by atoms with Gasteiger partial charge in [0, 0.05) is 48.6 Å². The number of para-hydroxylation sites is 1. The number of nitrogens with zero attached hydrogens (tertiary/aromatic N) is 5. The molecule has 308 valence electrons. The Bertz CT molecular complexity index is 2240. The molecule has 0 aliphatic carbocycles. The Kier molecular flexibility index (Phi) is 12.5. The summed E-state index contributed by atoms with van der Waals surface area (Å²) in [6, 6.07) is 33.2. The van der Waals surface area contributed by atoms with Crippen LogP contribution in [0.15, 0.2) is 109 Å². The van der Waals surface area contributed by atoms with Crippen molar-refractivity contribution < 1.29 is 33.7 Å². The standard InChI is InChI=1S/C46H53N5O7Si/c1-32-44(59(4,5)37-22-20-36(56-2)21-23-37)42(25-27-49-29-40(47-48-49)38(30-52)33-14-8-6-9-15-33)58-46(32)39-28-35(51(31-53)34-16-10-7-11-17-34)19-24-41(39)50(45(46)55)26-13-12-18-43(54)57-3/h6-11,14-17,19-24,28-29,31-32,38,42,44,52H,12-13,18,25-27,30H2,1-5H3/t32-,38?,42+,44-,46+/m0/s1. The Labute approximate surface area is 346 Å². The number of rotatable bonds is 17. The second-order valence-electron chi connectivity index (χ2n) is 16.0. The molecule has 2 aliphatic rings. The molecule has 3 heterocycles. The Morgan fingerprint density at radius 2 is 1.68 bits per heavy atom. The average molecular weight is 816 g/mol. The van der Waals surface area contributed by atoms with Gasteiger partial charge in [-0.2, -0.15) is 0 Å². The highest BCUT2D eigenvalue weighted by atomic mass is 28.3. The molecule has 12 nitrogen and oxygen atoms in total. The molecule has 1 unspecified atom stereocenters. The predicted octanol–water partition coefficient (Wildman–Crippen LogP) is 6.70. The van der Waals surface area contributed by atoms with Gasteiger partial charge in [0.25, 0.3) is 5.91 Å². The van der Waals surface area contributed by atoms with E-state index in [4.69, 9.17) is 14.2 Å². The number of carbonyl (C=O) groups is 3. The number of benzene rings is 4. The molecule has 2 aliphatic heterocycles. The van der Waals surface area contributed by atoms with Gasteiger partial charge in [-0.25, -0.2) is 0 Å². The summed E-state index contributed by atoms with van der Waals surface area (Å²) in [5.74, 6) is -0.245. The van der Waals surface area contributed by atoms with Gasteiger partial charge in [0.15, 0.2) is 5.60 Å². The van der Waals surface area contributed by atoms with Crippen molar-refractivity contribution in [2.75, 3.05) is 37.2 Å². The van der Waals surface area contributed by atoms with Crippen molar-refractivity contribution >= 4 is 48.6 Å². The Hall–Kier alpha value is -5.63. The first-order chi connectivity index (χ1) is 28.6. The number of methoxy groups -OCH3 is 2. The van der Waals surface area contributed by atoms with Gasteiger partial charge >= 0.3 is 5.97 Å². The highest BCUT2D eigenvalue weighted by Crippen LogP contribution is 2.60. The van der Waals surface area contributed by atoms with E-state index in [-0.39, 0.29) is 48.4 Å². The second kappa shape index (κ2) is 17.7. The van der Waals surface area contributed by atoms with Crippen molar-refractivity contribution in [2.45, 2.75) is 75.4 Å². The third-order valence-electron chi connectivity index (χ3n) is 12.4. The molecule has 1 fully saturated rings. The molecule has 5 atom stereocenters. The molecule has 1 spiro atoms. The Morgan fingerprint density at radius 1 is 0.966 bits per heavy atom. The molecule has 0 bridgehead atoms. The number of ether oxygens (including phenoxy) is 3. The van der Waals surface area contributed by atoms with Crippen LogP contribution in [0.5, 0.6) is 5.75 Å².